The molecule has 1 aliphatic rings. The Balaban J connectivity index is 2.30. The quantitative estimate of drug-likeness (QED) is 0.910. The summed E-state index contributed by atoms with van der Waals surface area (Å²) in [6, 6.07) is 5.84. The molecule has 3 unspecified atom stereocenters. The maximum Gasteiger partial charge on any atom is 0.131 e. The Labute approximate surface area is 114 Å². The highest BCUT2D eigenvalue weighted by atomic mass is 19.1. The van der Waals surface area contributed by atoms with E-state index >= 15 is 0 Å². The first-order chi connectivity index (χ1) is 9.04. The smallest absolute Gasteiger partial charge is 0.131 e. The van der Waals surface area contributed by atoms with Crippen LogP contribution in [-0.4, -0.2) is 37.2 Å². The number of hydrogen-bond donors (Lipinski definition) is 1. The van der Waals surface area contributed by atoms with Crippen LogP contribution in [0, 0.1) is 5.82 Å². The van der Waals surface area contributed by atoms with Crippen molar-refractivity contribution in [1.82, 2.24) is 10.2 Å². The van der Waals surface area contributed by atoms with Gasteiger partial charge in [-0.25, -0.2) is 4.39 Å². The highest BCUT2D eigenvalue weighted by Gasteiger charge is 2.30. The summed E-state index contributed by atoms with van der Waals surface area (Å²) in [5, 5.41) is 3.44. The molecule has 1 aliphatic heterocycles. The van der Waals surface area contributed by atoms with Crippen LogP contribution in [0.3, 0.4) is 0 Å². The number of hydrogen-bond acceptors (Lipinski definition) is 3. The molecule has 106 valence electrons. The average Bonchev–Trinajstić information content (AvgIpc) is 2.40. The summed E-state index contributed by atoms with van der Waals surface area (Å²) in [6.45, 7) is 8.23. The van der Waals surface area contributed by atoms with Gasteiger partial charge in [0.2, 0.25) is 0 Å². The van der Waals surface area contributed by atoms with Crippen LogP contribution >= 0.6 is 0 Å². The van der Waals surface area contributed by atoms with Crippen molar-refractivity contribution < 1.29 is 9.13 Å². The molecule has 1 saturated heterocycles. The Morgan fingerprint density at radius 3 is 2.84 bits per heavy atom. The van der Waals surface area contributed by atoms with Crippen molar-refractivity contribution in [2.45, 2.75) is 38.9 Å². The third kappa shape index (κ3) is 2.90. The molecule has 0 saturated carbocycles. The van der Waals surface area contributed by atoms with Gasteiger partial charge in [-0.15, -0.1) is 0 Å². The van der Waals surface area contributed by atoms with E-state index in [1.165, 1.54) is 6.07 Å². The van der Waals surface area contributed by atoms with Gasteiger partial charge >= 0.3 is 0 Å². The van der Waals surface area contributed by atoms with Crippen LogP contribution < -0.4 is 10.1 Å². The van der Waals surface area contributed by atoms with Gasteiger partial charge in [-0.3, -0.25) is 4.90 Å². The third-order valence-corrected chi connectivity index (χ3v) is 3.96. The van der Waals surface area contributed by atoms with Crippen LogP contribution in [0.2, 0.25) is 0 Å². The van der Waals surface area contributed by atoms with Crippen molar-refractivity contribution in [2.24, 2.45) is 0 Å². The van der Waals surface area contributed by atoms with E-state index in [-0.39, 0.29) is 11.9 Å². The van der Waals surface area contributed by atoms with Crippen molar-refractivity contribution in [1.29, 1.82) is 0 Å². The largest absolute Gasteiger partial charge is 0.496 e. The van der Waals surface area contributed by atoms with Gasteiger partial charge in [0.15, 0.2) is 0 Å². The van der Waals surface area contributed by atoms with Crippen molar-refractivity contribution >= 4 is 0 Å². The van der Waals surface area contributed by atoms with Crippen molar-refractivity contribution in [3.63, 3.8) is 0 Å². The van der Waals surface area contributed by atoms with Crippen LogP contribution in [0.1, 0.15) is 32.4 Å². The minimum absolute atomic E-state index is 0.00991. The molecule has 0 spiro atoms. The number of ether oxygens (including phenoxy) is 1. The lowest BCUT2D eigenvalue weighted by atomic mass is 10.0. The van der Waals surface area contributed by atoms with Gasteiger partial charge in [0, 0.05) is 36.8 Å². The second-order valence-corrected chi connectivity index (χ2v) is 5.39. The first-order valence-corrected chi connectivity index (χ1v) is 6.86. The van der Waals surface area contributed by atoms with E-state index in [9.17, 15) is 4.39 Å². The monoisotopic (exact) mass is 266 g/mol. The molecule has 4 heteroatoms. The summed E-state index contributed by atoms with van der Waals surface area (Å²) in [4.78, 5) is 2.34. The topological polar surface area (TPSA) is 24.5 Å². The van der Waals surface area contributed by atoms with Gasteiger partial charge < -0.3 is 10.1 Å². The number of nitrogens with one attached hydrogen (secondary N) is 1. The first kappa shape index (κ1) is 14.3. The maximum atomic E-state index is 14.1. The molecule has 1 N–H and O–H groups in total. The predicted octanol–water partition coefficient (Wildman–Crippen LogP) is 2.58. The fourth-order valence-corrected chi connectivity index (χ4v) is 2.86. The lowest BCUT2D eigenvalue weighted by molar-refractivity contribution is 0.1000. The molecule has 1 heterocycles. The molecule has 0 bridgehead atoms. The minimum atomic E-state index is -0.190. The summed E-state index contributed by atoms with van der Waals surface area (Å²) in [7, 11) is 1.59. The second-order valence-electron chi connectivity index (χ2n) is 5.39. The van der Waals surface area contributed by atoms with Crippen LogP contribution in [0.4, 0.5) is 4.39 Å². The van der Waals surface area contributed by atoms with Gasteiger partial charge in [-0.2, -0.15) is 0 Å². The Morgan fingerprint density at radius 2 is 2.16 bits per heavy atom. The molecular formula is C15H23FN2O. The summed E-state index contributed by atoms with van der Waals surface area (Å²) >= 11 is 0. The molecule has 1 aromatic carbocycles. The molecule has 2 rings (SSSR count). The van der Waals surface area contributed by atoms with Crippen LogP contribution in [0.25, 0.3) is 0 Å². The van der Waals surface area contributed by atoms with Crippen molar-refractivity contribution in [3.8, 4) is 5.75 Å². The van der Waals surface area contributed by atoms with Crippen LogP contribution in [0.15, 0.2) is 18.2 Å². The fraction of sp³-hybridized carbons (Fsp3) is 0.600. The lowest BCUT2D eigenvalue weighted by Crippen LogP contribution is -2.54. The molecule has 1 fully saturated rings. The summed E-state index contributed by atoms with van der Waals surface area (Å²) in [6.07, 6.45) is 0. The average molecular weight is 266 g/mol. The SMILES string of the molecule is COc1cccc(F)c1C(C)N1CC(C)NCC1C. The summed E-state index contributed by atoms with van der Waals surface area (Å²) in [5.74, 6) is 0.441. The number of nitrogens with zero attached hydrogens (tertiary/aromatic N) is 1. The Morgan fingerprint density at radius 1 is 1.42 bits per heavy atom. The van der Waals surface area contributed by atoms with Gasteiger partial charge in [-0.1, -0.05) is 6.07 Å². The number of methoxy groups -OCH3 is 1. The molecule has 3 atom stereocenters. The van der Waals surface area contributed by atoms with E-state index in [1.807, 2.05) is 6.07 Å². The number of piperazine rings is 1. The highest BCUT2D eigenvalue weighted by molar-refractivity contribution is 5.37. The van der Waals surface area contributed by atoms with Crippen molar-refractivity contribution in [3.05, 3.63) is 29.6 Å². The standard InChI is InChI=1S/C15H23FN2O/c1-10-9-18(11(2)8-17-10)12(3)15-13(16)6-5-7-14(15)19-4/h5-7,10-12,17H,8-9H2,1-4H3. The van der Waals surface area contributed by atoms with E-state index < -0.39 is 0 Å². The number of rotatable bonds is 3. The van der Waals surface area contributed by atoms with E-state index in [0.29, 0.717) is 23.4 Å². The van der Waals surface area contributed by atoms with E-state index in [1.54, 1.807) is 13.2 Å². The predicted molar refractivity (Wildman–Crippen MR) is 75.0 cm³/mol. The first-order valence-electron chi connectivity index (χ1n) is 6.86. The molecule has 0 radical (unpaired) electrons. The number of benzene rings is 1. The van der Waals surface area contributed by atoms with E-state index in [2.05, 4.69) is 31.0 Å². The fourth-order valence-electron chi connectivity index (χ4n) is 2.86. The van der Waals surface area contributed by atoms with E-state index in [4.69, 9.17) is 4.74 Å². The zero-order chi connectivity index (χ0) is 14.0. The second kappa shape index (κ2) is 5.88. The van der Waals surface area contributed by atoms with Gasteiger partial charge in [0.05, 0.1) is 7.11 Å². The molecular weight excluding hydrogens is 243 g/mol. The van der Waals surface area contributed by atoms with Crippen LogP contribution in [0.5, 0.6) is 5.75 Å². The normalized spacial score (nSPS) is 26.2. The van der Waals surface area contributed by atoms with Crippen molar-refractivity contribution in [2.75, 3.05) is 20.2 Å². The molecule has 0 aliphatic carbocycles. The summed E-state index contributed by atoms with van der Waals surface area (Å²) in [5.41, 5.74) is 0.658. The molecule has 3 nitrogen and oxygen atoms in total. The highest BCUT2D eigenvalue weighted by Crippen LogP contribution is 2.33. The van der Waals surface area contributed by atoms with E-state index in [0.717, 1.165) is 13.1 Å². The summed E-state index contributed by atoms with van der Waals surface area (Å²) < 4.78 is 19.5. The van der Waals surface area contributed by atoms with Gasteiger partial charge in [0.25, 0.3) is 0 Å². The number of halogens is 1. The maximum absolute atomic E-state index is 14.1. The zero-order valence-corrected chi connectivity index (χ0v) is 12.1. The van der Waals surface area contributed by atoms with Gasteiger partial charge in [-0.05, 0) is 32.9 Å². The minimum Gasteiger partial charge on any atom is -0.496 e. The molecule has 1 aromatic rings. The lowest BCUT2D eigenvalue weighted by Gasteiger charge is -2.41. The van der Waals surface area contributed by atoms with Gasteiger partial charge in [0.1, 0.15) is 11.6 Å². The molecule has 0 aromatic heterocycles. The Bertz CT molecular complexity index is 438. The third-order valence-electron chi connectivity index (χ3n) is 3.96. The molecule has 0 amide bonds. The molecule has 19 heavy (non-hydrogen) atoms. The Kier molecular flexibility index (Phi) is 4.42. The zero-order valence-electron chi connectivity index (χ0n) is 12.1. The van der Waals surface area contributed by atoms with Crippen LogP contribution in [-0.2, 0) is 0 Å². The Hall–Kier alpha value is -1.13.